The Morgan fingerprint density at radius 3 is 2.69 bits per heavy atom. The van der Waals surface area contributed by atoms with Gasteiger partial charge in [0.2, 0.25) is 5.91 Å². The largest absolute Gasteiger partial charge is 0.383 e. The van der Waals surface area contributed by atoms with E-state index in [-0.39, 0.29) is 5.54 Å². The molecule has 0 radical (unpaired) electrons. The van der Waals surface area contributed by atoms with Crippen LogP contribution in [0.1, 0.15) is 70.0 Å². The summed E-state index contributed by atoms with van der Waals surface area (Å²) in [5.74, 6) is 1.96. The van der Waals surface area contributed by atoms with E-state index in [0.29, 0.717) is 32.0 Å². The van der Waals surface area contributed by atoms with Crippen molar-refractivity contribution in [1.29, 1.82) is 0 Å². The van der Waals surface area contributed by atoms with Crippen LogP contribution in [0.5, 0.6) is 0 Å². The Bertz CT molecular complexity index is 668. The Hall–Kier alpha value is -1.54. The fraction of sp³-hybridized carbons (Fsp3) is 0.905. The summed E-state index contributed by atoms with van der Waals surface area (Å²) in [4.78, 5) is 17.7. The van der Waals surface area contributed by atoms with Crippen molar-refractivity contribution in [3.8, 4) is 0 Å². The van der Waals surface area contributed by atoms with E-state index in [2.05, 4.69) is 25.3 Å². The number of hydrogen-bond donors (Lipinski definition) is 0. The van der Waals surface area contributed by atoms with Crippen LogP contribution in [0.2, 0.25) is 0 Å². The summed E-state index contributed by atoms with van der Waals surface area (Å²) >= 11 is 0. The highest BCUT2D eigenvalue weighted by Gasteiger charge is 2.50. The molecule has 1 aromatic heterocycles. The molecule has 29 heavy (non-hydrogen) atoms. The van der Waals surface area contributed by atoms with Gasteiger partial charge >= 0.3 is 0 Å². The number of methoxy groups -OCH3 is 1. The van der Waals surface area contributed by atoms with Gasteiger partial charge in [-0.2, -0.15) is 0 Å². The number of aromatic nitrogens is 4. The van der Waals surface area contributed by atoms with Gasteiger partial charge in [0.1, 0.15) is 5.54 Å². The molecular formula is C21H36N6O2. The molecule has 8 heteroatoms. The second kappa shape index (κ2) is 9.51. The first-order valence-corrected chi connectivity index (χ1v) is 11.5. The smallest absolute Gasteiger partial charge is 0.222 e. The first-order chi connectivity index (χ1) is 14.2. The number of carbonyl (C=O) groups excluding carboxylic acids is 1. The summed E-state index contributed by atoms with van der Waals surface area (Å²) in [6, 6.07) is 0. The van der Waals surface area contributed by atoms with Gasteiger partial charge in [0.05, 0.1) is 13.2 Å². The van der Waals surface area contributed by atoms with E-state index in [0.717, 1.165) is 44.2 Å². The summed E-state index contributed by atoms with van der Waals surface area (Å²) in [5, 5.41) is 12.7. The van der Waals surface area contributed by atoms with E-state index >= 15 is 0 Å². The van der Waals surface area contributed by atoms with E-state index in [1.807, 2.05) is 4.68 Å². The summed E-state index contributed by atoms with van der Waals surface area (Å²) in [6.45, 7) is 4.85. The fourth-order valence-corrected chi connectivity index (χ4v) is 5.56. The van der Waals surface area contributed by atoms with E-state index in [4.69, 9.17) is 4.74 Å². The third-order valence-electron chi connectivity index (χ3n) is 7.26. The molecule has 1 amide bonds. The van der Waals surface area contributed by atoms with Crippen molar-refractivity contribution in [2.45, 2.75) is 76.3 Å². The van der Waals surface area contributed by atoms with Crippen LogP contribution in [-0.4, -0.2) is 75.8 Å². The van der Waals surface area contributed by atoms with Crippen LogP contribution in [0.15, 0.2) is 0 Å². The van der Waals surface area contributed by atoms with Gasteiger partial charge in [-0.3, -0.25) is 9.69 Å². The van der Waals surface area contributed by atoms with Gasteiger partial charge in [-0.1, -0.05) is 32.1 Å². The van der Waals surface area contributed by atoms with E-state index in [9.17, 15) is 4.79 Å². The minimum absolute atomic E-state index is 0.256. The molecule has 162 valence electrons. The molecule has 0 N–H and O–H groups in total. The summed E-state index contributed by atoms with van der Waals surface area (Å²) < 4.78 is 7.13. The standard InChI is InChI=1S/C21H36N6O2/c1-29-16-15-27-20(22-23-24-27)21(26-12-5-6-13-26)11-14-25(17-21)19(28)10-9-18-7-3-2-4-8-18/h18H,2-17H2,1H3/t21-/m0/s1. The van der Waals surface area contributed by atoms with Gasteiger partial charge in [-0.05, 0) is 55.1 Å². The van der Waals surface area contributed by atoms with Crippen LogP contribution in [-0.2, 0) is 21.6 Å². The molecule has 0 aromatic carbocycles. The Morgan fingerprint density at radius 1 is 1.14 bits per heavy atom. The Kier molecular flexibility index (Phi) is 6.80. The highest BCUT2D eigenvalue weighted by molar-refractivity contribution is 5.76. The van der Waals surface area contributed by atoms with Crippen molar-refractivity contribution in [3.63, 3.8) is 0 Å². The molecule has 3 aliphatic rings. The number of ether oxygens (including phenoxy) is 1. The number of rotatable bonds is 8. The summed E-state index contributed by atoms with van der Waals surface area (Å²) in [6.07, 6.45) is 11.7. The monoisotopic (exact) mass is 404 g/mol. The van der Waals surface area contributed by atoms with E-state index in [1.54, 1.807) is 7.11 Å². The first kappa shape index (κ1) is 20.7. The molecule has 2 aliphatic heterocycles. The molecule has 1 aliphatic carbocycles. The highest BCUT2D eigenvalue weighted by Crippen LogP contribution is 2.39. The van der Waals surface area contributed by atoms with E-state index in [1.165, 1.54) is 44.9 Å². The van der Waals surface area contributed by atoms with Gasteiger partial charge in [-0.15, -0.1) is 5.10 Å². The zero-order valence-electron chi connectivity index (χ0n) is 17.9. The maximum absolute atomic E-state index is 13.0. The van der Waals surface area contributed by atoms with Crippen molar-refractivity contribution in [1.82, 2.24) is 30.0 Å². The minimum atomic E-state index is -0.256. The molecule has 0 spiro atoms. The molecular weight excluding hydrogens is 368 g/mol. The average Bonchev–Trinajstić information content (AvgIpc) is 3.51. The molecule has 2 saturated heterocycles. The number of nitrogens with zero attached hydrogens (tertiary/aromatic N) is 6. The summed E-state index contributed by atoms with van der Waals surface area (Å²) in [7, 11) is 1.70. The van der Waals surface area contributed by atoms with Gasteiger partial charge < -0.3 is 9.64 Å². The van der Waals surface area contributed by atoms with Crippen molar-refractivity contribution < 1.29 is 9.53 Å². The lowest BCUT2D eigenvalue weighted by Gasteiger charge is -2.37. The van der Waals surface area contributed by atoms with Crippen molar-refractivity contribution in [2.75, 3.05) is 39.9 Å². The van der Waals surface area contributed by atoms with Gasteiger partial charge in [0, 0.05) is 26.6 Å². The van der Waals surface area contributed by atoms with Crippen LogP contribution < -0.4 is 0 Å². The second-order valence-electron chi connectivity index (χ2n) is 9.05. The lowest BCUT2D eigenvalue weighted by atomic mass is 9.86. The molecule has 4 rings (SSSR count). The second-order valence-corrected chi connectivity index (χ2v) is 9.05. The SMILES string of the molecule is COCCn1nnnc1[C@]1(N2CCCC2)CCN(C(=O)CCC2CCCCC2)C1. The number of carbonyl (C=O) groups is 1. The Balaban J connectivity index is 1.46. The molecule has 1 aromatic rings. The fourth-order valence-electron chi connectivity index (χ4n) is 5.56. The number of hydrogen-bond acceptors (Lipinski definition) is 6. The van der Waals surface area contributed by atoms with Crippen molar-refractivity contribution >= 4 is 5.91 Å². The Labute approximate surface area is 173 Å². The average molecular weight is 405 g/mol. The van der Waals surface area contributed by atoms with Gasteiger partial charge in [-0.25, -0.2) is 4.68 Å². The van der Waals surface area contributed by atoms with Crippen LogP contribution in [0.25, 0.3) is 0 Å². The van der Waals surface area contributed by atoms with Gasteiger partial charge in [0.25, 0.3) is 0 Å². The number of likely N-dealkylation sites (tertiary alicyclic amines) is 2. The zero-order valence-corrected chi connectivity index (χ0v) is 17.9. The molecule has 3 fully saturated rings. The zero-order chi connectivity index (χ0) is 20.1. The van der Waals surface area contributed by atoms with Crippen LogP contribution in [0.3, 0.4) is 0 Å². The third-order valence-corrected chi connectivity index (χ3v) is 7.26. The molecule has 8 nitrogen and oxygen atoms in total. The maximum Gasteiger partial charge on any atom is 0.222 e. The lowest BCUT2D eigenvalue weighted by molar-refractivity contribution is -0.131. The van der Waals surface area contributed by atoms with E-state index < -0.39 is 0 Å². The van der Waals surface area contributed by atoms with Gasteiger partial charge in [0.15, 0.2) is 5.82 Å². The highest BCUT2D eigenvalue weighted by atomic mass is 16.5. The quantitative estimate of drug-likeness (QED) is 0.661. The maximum atomic E-state index is 13.0. The number of tetrazole rings is 1. The predicted molar refractivity (Wildman–Crippen MR) is 109 cm³/mol. The molecule has 0 bridgehead atoms. The van der Waals surface area contributed by atoms with Crippen molar-refractivity contribution in [2.24, 2.45) is 5.92 Å². The molecule has 1 atom stereocenters. The molecule has 0 unspecified atom stereocenters. The van der Waals surface area contributed by atoms with Crippen LogP contribution >= 0.6 is 0 Å². The molecule has 1 saturated carbocycles. The summed E-state index contributed by atoms with van der Waals surface area (Å²) in [5.41, 5.74) is -0.256. The third kappa shape index (κ3) is 4.48. The van der Waals surface area contributed by atoms with Crippen LogP contribution in [0, 0.1) is 5.92 Å². The number of amides is 1. The van der Waals surface area contributed by atoms with Crippen LogP contribution in [0.4, 0.5) is 0 Å². The lowest BCUT2D eigenvalue weighted by Crippen LogP contribution is -2.49. The molecule has 3 heterocycles. The minimum Gasteiger partial charge on any atom is -0.383 e. The Morgan fingerprint density at radius 2 is 1.93 bits per heavy atom. The topological polar surface area (TPSA) is 76.4 Å². The predicted octanol–water partition coefficient (Wildman–Crippen LogP) is 2.20. The first-order valence-electron chi connectivity index (χ1n) is 11.5. The van der Waals surface area contributed by atoms with Crippen molar-refractivity contribution in [3.05, 3.63) is 5.82 Å². The normalized spacial score (nSPS) is 26.4.